The van der Waals surface area contributed by atoms with Gasteiger partial charge in [-0.1, -0.05) is 43.4 Å². The Kier molecular flexibility index (Phi) is 3.95. The first-order valence-corrected chi connectivity index (χ1v) is 6.60. The zero-order valence-corrected chi connectivity index (χ0v) is 11.0. The molecule has 2 rings (SSSR count). The van der Waals surface area contributed by atoms with Crippen LogP contribution in [0.2, 0.25) is 5.02 Å². The zero-order chi connectivity index (χ0) is 12.3. The van der Waals surface area contributed by atoms with Gasteiger partial charge in [-0.3, -0.25) is 0 Å². The van der Waals surface area contributed by atoms with Crippen molar-refractivity contribution in [2.24, 2.45) is 0 Å². The van der Waals surface area contributed by atoms with Crippen molar-refractivity contribution < 1.29 is 9.84 Å². The second kappa shape index (κ2) is 5.28. The van der Waals surface area contributed by atoms with Crippen LogP contribution in [0, 0.1) is 0 Å². The predicted octanol–water partition coefficient (Wildman–Crippen LogP) is 3.89. The molecule has 0 heterocycles. The van der Waals surface area contributed by atoms with Crippen LogP contribution in [0.5, 0.6) is 5.75 Å². The van der Waals surface area contributed by atoms with Crippen molar-refractivity contribution in [3.63, 3.8) is 0 Å². The molecule has 1 saturated carbocycles. The topological polar surface area (TPSA) is 29.5 Å². The first kappa shape index (κ1) is 12.7. The molecule has 1 N–H and O–H groups in total. The van der Waals surface area contributed by atoms with E-state index in [0.29, 0.717) is 10.8 Å². The molecule has 2 nitrogen and oxygen atoms in total. The SMILES string of the molecule is COc1cc(C2(O)CCCCCC2)ccc1Cl. The number of methoxy groups -OCH3 is 1. The Balaban J connectivity index is 2.31. The van der Waals surface area contributed by atoms with E-state index in [0.717, 1.165) is 31.2 Å². The molecule has 0 aliphatic heterocycles. The first-order valence-electron chi connectivity index (χ1n) is 6.22. The molecule has 0 saturated heterocycles. The van der Waals surface area contributed by atoms with Crippen molar-refractivity contribution in [3.05, 3.63) is 28.8 Å². The summed E-state index contributed by atoms with van der Waals surface area (Å²) in [5.41, 5.74) is 0.231. The highest BCUT2D eigenvalue weighted by atomic mass is 35.5. The minimum atomic E-state index is -0.700. The lowest BCUT2D eigenvalue weighted by Gasteiger charge is -2.27. The van der Waals surface area contributed by atoms with Crippen LogP contribution in [-0.4, -0.2) is 12.2 Å². The minimum absolute atomic E-state index is 0.591. The maximum atomic E-state index is 10.7. The van der Waals surface area contributed by atoms with Gasteiger partial charge in [-0.25, -0.2) is 0 Å². The molecule has 0 bridgehead atoms. The third kappa shape index (κ3) is 2.75. The van der Waals surface area contributed by atoms with Gasteiger partial charge < -0.3 is 9.84 Å². The number of rotatable bonds is 2. The molecule has 0 aromatic heterocycles. The Morgan fingerprint density at radius 2 is 1.82 bits per heavy atom. The molecule has 1 fully saturated rings. The van der Waals surface area contributed by atoms with Gasteiger partial charge in [0.2, 0.25) is 0 Å². The van der Waals surface area contributed by atoms with Crippen molar-refractivity contribution >= 4 is 11.6 Å². The molecule has 0 atom stereocenters. The van der Waals surface area contributed by atoms with Gasteiger partial charge in [-0.2, -0.15) is 0 Å². The van der Waals surface area contributed by atoms with Crippen molar-refractivity contribution in [2.75, 3.05) is 7.11 Å². The summed E-state index contributed by atoms with van der Waals surface area (Å²) in [6, 6.07) is 5.59. The third-order valence-corrected chi connectivity index (χ3v) is 3.93. The van der Waals surface area contributed by atoms with E-state index in [1.54, 1.807) is 13.2 Å². The van der Waals surface area contributed by atoms with E-state index < -0.39 is 5.60 Å². The summed E-state index contributed by atoms with van der Waals surface area (Å²) in [6.45, 7) is 0. The molecule has 0 spiro atoms. The van der Waals surface area contributed by atoms with E-state index in [2.05, 4.69) is 0 Å². The third-order valence-electron chi connectivity index (χ3n) is 3.62. The zero-order valence-electron chi connectivity index (χ0n) is 10.2. The number of hydrogen-bond acceptors (Lipinski definition) is 2. The molecule has 17 heavy (non-hydrogen) atoms. The normalized spacial score (nSPS) is 19.7. The largest absolute Gasteiger partial charge is 0.495 e. The Morgan fingerprint density at radius 1 is 1.18 bits per heavy atom. The van der Waals surface area contributed by atoms with Gasteiger partial charge in [-0.15, -0.1) is 0 Å². The average molecular weight is 255 g/mol. The second-order valence-corrected chi connectivity index (χ2v) is 5.20. The van der Waals surface area contributed by atoms with Crippen LogP contribution in [0.15, 0.2) is 18.2 Å². The molecule has 0 amide bonds. The summed E-state index contributed by atoms with van der Waals surface area (Å²) in [6.07, 6.45) is 6.26. The van der Waals surface area contributed by atoms with Crippen molar-refractivity contribution in [2.45, 2.75) is 44.1 Å². The molecule has 1 aromatic rings. The predicted molar refractivity (Wildman–Crippen MR) is 69.6 cm³/mol. The molecule has 0 radical (unpaired) electrons. The number of halogens is 1. The maximum absolute atomic E-state index is 10.7. The van der Waals surface area contributed by atoms with Gasteiger partial charge in [-0.05, 0) is 30.5 Å². The standard InChI is InChI=1S/C14H19ClO2/c1-17-13-10-11(6-7-12(13)15)14(16)8-4-2-3-5-9-14/h6-7,10,16H,2-5,8-9H2,1H3. The van der Waals surface area contributed by atoms with E-state index >= 15 is 0 Å². The lowest BCUT2D eigenvalue weighted by atomic mass is 9.86. The fourth-order valence-electron chi connectivity index (χ4n) is 2.55. The van der Waals surface area contributed by atoms with Crippen molar-refractivity contribution in [3.8, 4) is 5.75 Å². The van der Waals surface area contributed by atoms with Crippen LogP contribution in [-0.2, 0) is 5.60 Å². The smallest absolute Gasteiger partial charge is 0.137 e. The Hall–Kier alpha value is -0.730. The number of benzene rings is 1. The summed E-state index contributed by atoms with van der Waals surface area (Å²) >= 11 is 6.01. The van der Waals surface area contributed by atoms with E-state index in [9.17, 15) is 5.11 Å². The molecule has 1 aromatic carbocycles. The van der Waals surface area contributed by atoms with E-state index in [1.807, 2.05) is 12.1 Å². The summed E-state index contributed by atoms with van der Waals surface area (Å²) in [5.74, 6) is 0.641. The van der Waals surface area contributed by atoms with Gasteiger partial charge in [0.05, 0.1) is 17.7 Å². The Morgan fingerprint density at radius 3 is 2.41 bits per heavy atom. The molecule has 0 unspecified atom stereocenters. The van der Waals surface area contributed by atoms with Crippen LogP contribution < -0.4 is 4.74 Å². The molecular weight excluding hydrogens is 236 g/mol. The van der Waals surface area contributed by atoms with Gasteiger partial charge in [0, 0.05) is 0 Å². The second-order valence-electron chi connectivity index (χ2n) is 4.80. The van der Waals surface area contributed by atoms with E-state index in [4.69, 9.17) is 16.3 Å². The number of hydrogen-bond donors (Lipinski definition) is 1. The van der Waals surface area contributed by atoms with E-state index in [1.165, 1.54) is 12.8 Å². The lowest BCUT2D eigenvalue weighted by Crippen LogP contribution is -2.24. The summed E-state index contributed by atoms with van der Waals surface area (Å²) in [4.78, 5) is 0. The van der Waals surface area contributed by atoms with Crippen molar-refractivity contribution in [1.82, 2.24) is 0 Å². The first-order chi connectivity index (χ1) is 8.15. The average Bonchev–Trinajstić information content (AvgIpc) is 2.55. The van der Waals surface area contributed by atoms with Crippen LogP contribution in [0.1, 0.15) is 44.1 Å². The van der Waals surface area contributed by atoms with Crippen LogP contribution in [0.25, 0.3) is 0 Å². The summed E-state index contributed by atoms with van der Waals surface area (Å²) < 4.78 is 5.21. The van der Waals surface area contributed by atoms with E-state index in [-0.39, 0.29) is 0 Å². The quantitative estimate of drug-likeness (QED) is 0.812. The van der Waals surface area contributed by atoms with Gasteiger partial charge >= 0.3 is 0 Å². The van der Waals surface area contributed by atoms with Crippen LogP contribution >= 0.6 is 11.6 Å². The molecule has 1 aliphatic rings. The fourth-order valence-corrected chi connectivity index (χ4v) is 2.75. The molecular formula is C14H19ClO2. The highest BCUT2D eigenvalue weighted by Crippen LogP contribution is 2.38. The fraction of sp³-hybridized carbons (Fsp3) is 0.571. The number of ether oxygens (including phenoxy) is 1. The van der Waals surface area contributed by atoms with Crippen LogP contribution in [0.3, 0.4) is 0 Å². The van der Waals surface area contributed by atoms with Gasteiger partial charge in [0.15, 0.2) is 0 Å². The molecule has 3 heteroatoms. The van der Waals surface area contributed by atoms with Gasteiger partial charge in [0.1, 0.15) is 5.75 Å². The van der Waals surface area contributed by atoms with Crippen LogP contribution in [0.4, 0.5) is 0 Å². The highest BCUT2D eigenvalue weighted by Gasteiger charge is 2.30. The summed E-state index contributed by atoms with van der Waals surface area (Å²) in [5, 5.41) is 11.3. The maximum Gasteiger partial charge on any atom is 0.137 e. The van der Waals surface area contributed by atoms with Crippen molar-refractivity contribution in [1.29, 1.82) is 0 Å². The van der Waals surface area contributed by atoms with Gasteiger partial charge in [0.25, 0.3) is 0 Å². The number of aliphatic hydroxyl groups is 1. The Bertz CT molecular complexity index is 382. The molecule has 1 aliphatic carbocycles. The monoisotopic (exact) mass is 254 g/mol. The Labute approximate surface area is 108 Å². The summed E-state index contributed by atoms with van der Waals surface area (Å²) in [7, 11) is 1.60. The lowest BCUT2D eigenvalue weighted by molar-refractivity contribution is 0.0205. The highest BCUT2D eigenvalue weighted by molar-refractivity contribution is 6.32. The minimum Gasteiger partial charge on any atom is -0.495 e. The molecule has 94 valence electrons.